The Bertz CT molecular complexity index is 387. The molecule has 0 aliphatic carbocycles. The Balaban J connectivity index is 5.12. The lowest BCUT2D eigenvalue weighted by Crippen LogP contribution is -2.51. The van der Waals surface area contributed by atoms with Crippen molar-refractivity contribution in [3.05, 3.63) is 24.8 Å². The van der Waals surface area contributed by atoms with Crippen molar-refractivity contribution < 1.29 is 9.59 Å². The summed E-state index contributed by atoms with van der Waals surface area (Å²) in [4.78, 5) is 26.5. The third-order valence-electron chi connectivity index (χ3n) is 4.03. The first kappa shape index (κ1) is 20.4. The van der Waals surface area contributed by atoms with Crippen molar-refractivity contribution in [3.8, 4) is 0 Å². The van der Waals surface area contributed by atoms with Gasteiger partial charge in [-0.1, -0.05) is 38.0 Å². The molecule has 4 nitrogen and oxygen atoms in total. The normalized spacial score (nSPS) is 13.8. The van der Waals surface area contributed by atoms with Gasteiger partial charge in [0, 0.05) is 13.1 Å². The van der Waals surface area contributed by atoms with Crippen molar-refractivity contribution in [2.45, 2.75) is 59.3 Å². The van der Waals surface area contributed by atoms with Crippen LogP contribution in [-0.2, 0) is 9.59 Å². The van der Waals surface area contributed by atoms with Crippen LogP contribution in [0.1, 0.15) is 59.3 Å². The van der Waals surface area contributed by atoms with E-state index < -0.39 is 11.3 Å². The SMILES string of the molecule is C=CCC(CC=CCCCCC)(C(N)=O)C(=O)N(CC)CC. The summed E-state index contributed by atoms with van der Waals surface area (Å²) in [6.07, 6.45) is 10.7. The third kappa shape index (κ3) is 5.66. The van der Waals surface area contributed by atoms with Gasteiger partial charge in [0.15, 0.2) is 0 Å². The van der Waals surface area contributed by atoms with Gasteiger partial charge in [-0.15, -0.1) is 6.58 Å². The summed E-state index contributed by atoms with van der Waals surface area (Å²) >= 11 is 0. The van der Waals surface area contributed by atoms with Crippen LogP contribution < -0.4 is 5.73 Å². The molecule has 2 N–H and O–H groups in total. The minimum absolute atomic E-state index is 0.192. The molecule has 0 aliphatic heterocycles. The van der Waals surface area contributed by atoms with Gasteiger partial charge < -0.3 is 10.6 Å². The zero-order chi connectivity index (χ0) is 17.0. The first-order chi connectivity index (χ1) is 10.5. The number of nitrogens with two attached hydrogens (primary N) is 1. The first-order valence-corrected chi connectivity index (χ1v) is 8.35. The minimum Gasteiger partial charge on any atom is -0.369 e. The van der Waals surface area contributed by atoms with Crippen LogP contribution >= 0.6 is 0 Å². The summed E-state index contributed by atoms with van der Waals surface area (Å²) < 4.78 is 0. The zero-order valence-electron chi connectivity index (χ0n) is 14.4. The number of nitrogens with zero attached hydrogens (tertiary/aromatic N) is 1. The lowest BCUT2D eigenvalue weighted by atomic mass is 9.78. The molecule has 1 atom stereocenters. The average Bonchev–Trinajstić information content (AvgIpc) is 2.50. The third-order valence-corrected chi connectivity index (χ3v) is 4.03. The smallest absolute Gasteiger partial charge is 0.238 e. The van der Waals surface area contributed by atoms with E-state index in [1.807, 2.05) is 26.0 Å². The molecule has 0 aliphatic rings. The van der Waals surface area contributed by atoms with E-state index in [-0.39, 0.29) is 12.3 Å². The van der Waals surface area contributed by atoms with Crippen LogP contribution in [0.15, 0.2) is 24.8 Å². The number of allylic oxidation sites excluding steroid dienone is 3. The molecule has 0 spiro atoms. The molecule has 0 rings (SSSR count). The highest BCUT2D eigenvalue weighted by molar-refractivity contribution is 6.04. The lowest BCUT2D eigenvalue weighted by molar-refractivity contribution is -0.148. The van der Waals surface area contributed by atoms with E-state index in [0.717, 1.165) is 12.8 Å². The van der Waals surface area contributed by atoms with Gasteiger partial charge in [0.2, 0.25) is 11.8 Å². The quantitative estimate of drug-likeness (QED) is 0.341. The fraction of sp³-hybridized carbons (Fsp3) is 0.667. The highest BCUT2D eigenvalue weighted by Gasteiger charge is 2.44. The number of rotatable bonds is 12. The van der Waals surface area contributed by atoms with Crippen LogP contribution in [0.4, 0.5) is 0 Å². The van der Waals surface area contributed by atoms with E-state index in [2.05, 4.69) is 13.5 Å². The van der Waals surface area contributed by atoms with Gasteiger partial charge in [0.05, 0.1) is 0 Å². The molecule has 0 radical (unpaired) electrons. The minimum atomic E-state index is -1.20. The molecule has 126 valence electrons. The van der Waals surface area contributed by atoms with Crippen LogP contribution in [0.2, 0.25) is 0 Å². The second-order valence-electron chi connectivity index (χ2n) is 5.59. The van der Waals surface area contributed by atoms with Crippen molar-refractivity contribution in [1.29, 1.82) is 0 Å². The Kier molecular flexibility index (Phi) is 10.3. The van der Waals surface area contributed by atoms with Crippen LogP contribution in [0.25, 0.3) is 0 Å². The van der Waals surface area contributed by atoms with Gasteiger partial charge in [-0.05, 0) is 39.5 Å². The van der Waals surface area contributed by atoms with Gasteiger partial charge in [-0.3, -0.25) is 9.59 Å². The Morgan fingerprint density at radius 2 is 1.73 bits per heavy atom. The molecule has 0 aromatic heterocycles. The standard InChI is InChI=1S/C18H32N2O2/c1-5-9-10-11-12-13-15-18(14-6-2,16(19)21)17(22)20(7-3)8-4/h6,12-13H,2,5,7-11,14-15H2,1,3-4H3,(H2,19,21). The molecular weight excluding hydrogens is 276 g/mol. The molecule has 0 aromatic rings. The van der Waals surface area contributed by atoms with E-state index in [1.54, 1.807) is 11.0 Å². The van der Waals surface area contributed by atoms with E-state index in [0.29, 0.717) is 19.5 Å². The predicted octanol–water partition coefficient (Wildman–Crippen LogP) is 3.43. The molecule has 0 aromatic carbocycles. The number of hydrogen-bond donors (Lipinski definition) is 1. The molecule has 4 heteroatoms. The number of carbonyl (C=O) groups excluding carboxylic acids is 2. The number of amides is 2. The second kappa shape index (κ2) is 11.0. The number of carbonyl (C=O) groups is 2. The maximum absolute atomic E-state index is 12.8. The Hall–Kier alpha value is -1.58. The van der Waals surface area contributed by atoms with E-state index in [4.69, 9.17) is 5.73 Å². The molecule has 0 saturated carbocycles. The average molecular weight is 308 g/mol. The summed E-state index contributed by atoms with van der Waals surface area (Å²) in [6.45, 7) is 10.8. The molecule has 2 amide bonds. The van der Waals surface area contributed by atoms with Crippen LogP contribution in [0, 0.1) is 5.41 Å². The number of primary amides is 1. The molecule has 0 bridgehead atoms. The highest BCUT2D eigenvalue weighted by Crippen LogP contribution is 2.30. The zero-order valence-corrected chi connectivity index (χ0v) is 14.4. The molecule has 1 unspecified atom stereocenters. The van der Waals surface area contributed by atoms with Gasteiger partial charge in [-0.2, -0.15) is 0 Å². The number of unbranched alkanes of at least 4 members (excludes halogenated alkanes) is 3. The summed E-state index contributed by atoms with van der Waals surface area (Å²) in [5.41, 5.74) is 4.40. The fourth-order valence-corrected chi connectivity index (χ4v) is 2.54. The van der Waals surface area contributed by atoms with Gasteiger partial charge in [-0.25, -0.2) is 0 Å². The molecule has 0 fully saturated rings. The number of hydrogen-bond acceptors (Lipinski definition) is 2. The van der Waals surface area contributed by atoms with E-state index in [1.165, 1.54) is 12.8 Å². The largest absolute Gasteiger partial charge is 0.369 e. The van der Waals surface area contributed by atoms with Gasteiger partial charge in [0.1, 0.15) is 5.41 Å². The topological polar surface area (TPSA) is 63.4 Å². The molecule has 0 heterocycles. The molecular formula is C18H32N2O2. The summed E-state index contributed by atoms with van der Waals surface area (Å²) in [5, 5.41) is 0. The Labute approximate surface area is 135 Å². The van der Waals surface area contributed by atoms with Gasteiger partial charge >= 0.3 is 0 Å². The second-order valence-corrected chi connectivity index (χ2v) is 5.59. The van der Waals surface area contributed by atoms with Crippen molar-refractivity contribution in [2.24, 2.45) is 11.1 Å². The maximum atomic E-state index is 12.8. The summed E-state index contributed by atoms with van der Waals surface area (Å²) in [6, 6.07) is 0. The predicted molar refractivity (Wildman–Crippen MR) is 92.3 cm³/mol. The lowest BCUT2D eigenvalue weighted by Gasteiger charge is -2.32. The monoisotopic (exact) mass is 308 g/mol. The molecule has 0 saturated heterocycles. The first-order valence-electron chi connectivity index (χ1n) is 8.35. The Morgan fingerprint density at radius 1 is 1.09 bits per heavy atom. The van der Waals surface area contributed by atoms with Crippen LogP contribution in [0.5, 0.6) is 0 Å². The Morgan fingerprint density at radius 3 is 2.18 bits per heavy atom. The molecule has 22 heavy (non-hydrogen) atoms. The fourth-order valence-electron chi connectivity index (χ4n) is 2.54. The summed E-state index contributed by atoms with van der Waals surface area (Å²) in [7, 11) is 0. The van der Waals surface area contributed by atoms with Crippen molar-refractivity contribution >= 4 is 11.8 Å². The van der Waals surface area contributed by atoms with Crippen molar-refractivity contribution in [3.63, 3.8) is 0 Å². The van der Waals surface area contributed by atoms with Crippen molar-refractivity contribution in [2.75, 3.05) is 13.1 Å². The summed E-state index contributed by atoms with van der Waals surface area (Å²) in [5.74, 6) is -0.759. The maximum Gasteiger partial charge on any atom is 0.238 e. The van der Waals surface area contributed by atoms with Gasteiger partial charge in [0.25, 0.3) is 0 Å². The van der Waals surface area contributed by atoms with E-state index >= 15 is 0 Å². The van der Waals surface area contributed by atoms with E-state index in [9.17, 15) is 9.59 Å². The van der Waals surface area contributed by atoms with Crippen molar-refractivity contribution in [1.82, 2.24) is 4.90 Å². The van der Waals surface area contributed by atoms with Crippen LogP contribution in [0.3, 0.4) is 0 Å². The highest BCUT2D eigenvalue weighted by atomic mass is 16.2. The van der Waals surface area contributed by atoms with Crippen LogP contribution in [-0.4, -0.2) is 29.8 Å².